The van der Waals surface area contributed by atoms with Gasteiger partial charge < -0.3 is 14.5 Å². The molecular formula is C23H32N4O2. The van der Waals surface area contributed by atoms with E-state index in [0.717, 1.165) is 43.0 Å². The minimum Gasteiger partial charge on any atom is -0.449 e. The van der Waals surface area contributed by atoms with Crippen molar-refractivity contribution < 1.29 is 9.53 Å². The largest absolute Gasteiger partial charge is 0.449 e. The van der Waals surface area contributed by atoms with Crippen molar-refractivity contribution in [2.75, 3.05) is 37.7 Å². The molecule has 0 bridgehead atoms. The molecule has 1 amide bonds. The number of ether oxygens (including phenoxy) is 1. The zero-order chi connectivity index (χ0) is 20.5. The molecule has 0 N–H and O–H groups in total. The number of carbonyl (C=O) groups excluding carboxylic acids is 1. The van der Waals surface area contributed by atoms with E-state index in [1.54, 1.807) is 6.33 Å². The fourth-order valence-corrected chi connectivity index (χ4v) is 3.58. The lowest BCUT2D eigenvalue weighted by atomic mass is 10.0. The Labute approximate surface area is 173 Å². The molecule has 0 spiro atoms. The number of piperazine rings is 1. The van der Waals surface area contributed by atoms with Gasteiger partial charge >= 0.3 is 6.09 Å². The van der Waals surface area contributed by atoms with E-state index in [4.69, 9.17) is 4.74 Å². The number of nitrogens with zero attached hydrogens (tertiary/aromatic N) is 4. The van der Waals surface area contributed by atoms with E-state index in [1.165, 1.54) is 12.8 Å². The van der Waals surface area contributed by atoms with Gasteiger partial charge in [0.2, 0.25) is 0 Å². The molecule has 3 rings (SSSR count). The summed E-state index contributed by atoms with van der Waals surface area (Å²) in [6.07, 6.45) is 5.98. The predicted molar refractivity (Wildman–Crippen MR) is 116 cm³/mol. The molecule has 156 valence electrons. The molecule has 1 fully saturated rings. The molecule has 1 aromatic heterocycles. The SMILES string of the molecule is CCCCC(CC)COC(=O)N1CCN(c2cc(-c3ccccc3)ncn2)CC1. The van der Waals surface area contributed by atoms with Gasteiger partial charge in [-0.15, -0.1) is 0 Å². The number of amides is 1. The van der Waals surface area contributed by atoms with Crippen molar-refractivity contribution in [3.8, 4) is 11.3 Å². The van der Waals surface area contributed by atoms with E-state index < -0.39 is 0 Å². The Hall–Kier alpha value is -2.63. The second kappa shape index (κ2) is 10.8. The third-order valence-corrected chi connectivity index (χ3v) is 5.57. The quantitative estimate of drug-likeness (QED) is 0.652. The van der Waals surface area contributed by atoms with Gasteiger partial charge in [0.25, 0.3) is 0 Å². The maximum absolute atomic E-state index is 12.4. The molecule has 0 aliphatic carbocycles. The summed E-state index contributed by atoms with van der Waals surface area (Å²) in [6.45, 7) is 7.67. The fourth-order valence-electron chi connectivity index (χ4n) is 3.58. The highest BCUT2D eigenvalue weighted by atomic mass is 16.6. The first-order chi connectivity index (χ1) is 14.2. The molecule has 6 nitrogen and oxygen atoms in total. The zero-order valence-corrected chi connectivity index (χ0v) is 17.6. The first-order valence-corrected chi connectivity index (χ1v) is 10.7. The molecule has 1 aliphatic heterocycles. The molecule has 1 aliphatic rings. The Kier molecular flexibility index (Phi) is 7.85. The molecule has 2 aromatic rings. The third kappa shape index (κ3) is 5.92. The van der Waals surface area contributed by atoms with Gasteiger partial charge in [-0.2, -0.15) is 0 Å². The highest BCUT2D eigenvalue weighted by Gasteiger charge is 2.24. The number of benzene rings is 1. The Morgan fingerprint density at radius 1 is 1.10 bits per heavy atom. The van der Waals surface area contributed by atoms with Crippen LogP contribution in [0.15, 0.2) is 42.7 Å². The van der Waals surface area contributed by atoms with Crippen LogP contribution in [0.25, 0.3) is 11.3 Å². The molecule has 2 heterocycles. The Morgan fingerprint density at radius 2 is 1.86 bits per heavy atom. The standard InChI is InChI=1S/C23H32N4O2/c1-3-5-9-19(4-2)17-29-23(28)27-14-12-26(13-15-27)22-16-21(24-18-25-22)20-10-7-6-8-11-20/h6-8,10-11,16,18-19H,3-5,9,12-15,17H2,1-2H3. The van der Waals surface area contributed by atoms with Gasteiger partial charge in [-0.3, -0.25) is 0 Å². The van der Waals surface area contributed by atoms with Crippen molar-refractivity contribution in [3.63, 3.8) is 0 Å². The lowest BCUT2D eigenvalue weighted by molar-refractivity contribution is 0.0830. The van der Waals surface area contributed by atoms with Crippen molar-refractivity contribution in [2.45, 2.75) is 39.5 Å². The second-order valence-electron chi connectivity index (χ2n) is 7.59. The van der Waals surface area contributed by atoms with E-state index >= 15 is 0 Å². The molecule has 29 heavy (non-hydrogen) atoms. The molecule has 1 saturated heterocycles. The first-order valence-electron chi connectivity index (χ1n) is 10.7. The van der Waals surface area contributed by atoms with Gasteiger partial charge in [-0.1, -0.05) is 63.4 Å². The normalized spacial score (nSPS) is 15.2. The van der Waals surface area contributed by atoms with Crippen LogP contribution in [-0.2, 0) is 4.74 Å². The van der Waals surface area contributed by atoms with E-state index in [0.29, 0.717) is 25.6 Å². The van der Waals surface area contributed by atoms with Crippen LogP contribution in [0.5, 0.6) is 0 Å². The minimum absolute atomic E-state index is 0.188. The van der Waals surface area contributed by atoms with Crippen molar-refractivity contribution in [2.24, 2.45) is 5.92 Å². The van der Waals surface area contributed by atoms with Gasteiger partial charge in [-0.25, -0.2) is 14.8 Å². The third-order valence-electron chi connectivity index (χ3n) is 5.57. The van der Waals surface area contributed by atoms with Crippen molar-refractivity contribution >= 4 is 11.9 Å². The Bertz CT molecular complexity index is 760. The molecule has 0 saturated carbocycles. The number of hydrogen-bond acceptors (Lipinski definition) is 5. The van der Waals surface area contributed by atoms with E-state index in [1.807, 2.05) is 41.3 Å². The van der Waals surface area contributed by atoms with Crippen molar-refractivity contribution in [3.05, 3.63) is 42.7 Å². The van der Waals surface area contributed by atoms with Crippen LogP contribution in [-0.4, -0.2) is 53.7 Å². The summed E-state index contributed by atoms with van der Waals surface area (Å²) in [5.41, 5.74) is 1.99. The number of hydrogen-bond donors (Lipinski definition) is 0. The Balaban J connectivity index is 1.51. The van der Waals surface area contributed by atoms with Crippen LogP contribution in [0.4, 0.5) is 10.6 Å². The zero-order valence-electron chi connectivity index (χ0n) is 17.6. The van der Waals surface area contributed by atoms with Gasteiger partial charge in [0, 0.05) is 37.8 Å². The lowest BCUT2D eigenvalue weighted by Gasteiger charge is -2.35. The van der Waals surface area contributed by atoms with Gasteiger partial charge in [0.05, 0.1) is 12.3 Å². The van der Waals surface area contributed by atoms with E-state index in [2.05, 4.69) is 28.7 Å². The number of unbranched alkanes of at least 4 members (excludes halogenated alkanes) is 1. The monoisotopic (exact) mass is 396 g/mol. The topological polar surface area (TPSA) is 58.6 Å². The van der Waals surface area contributed by atoms with E-state index in [9.17, 15) is 4.79 Å². The van der Waals surface area contributed by atoms with Crippen LogP contribution in [0, 0.1) is 5.92 Å². The van der Waals surface area contributed by atoms with Crippen LogP contribution in [0.2, 0.25) is 0 Å². The molecular weight excluding hydrogens is 364 g/mol. The number of aromatic nitrogens is 2. The summed E-state index contributed by atoms with van der Waals surface area (Å²) in [6, 6.07) is 12.1. The van der Waals surface area contributed by atoms with Crippen molar-refractivity contribution in [1.29, 1.82) is 0 Å². The molecule has 1 aromatic carbocycles. The molecule has 1 unspecified atom stereocenters. The van der Waals surface area contributed by atoms with Crippen LogP contribution >= 0.6 is 0 Å². The fraction of sp³-hybridized carbons (Fsp3) is 0.522. The van der Waals surface area contributed by atoms with Crippen LogP contribution < -0.4 is 4.90 Å². The summed E-state index contributed by atoms with van der Waals surface area (Å²) in [5.74, 6) is 1.37. The summed E-state index contributed by atoms with van der Waals surface area (Å²) < 4.78 is 5.59. The number of anilines is 1. The lowest BCUT2D eigenvalue weighted by Crippen LogP contribution is -2.49. The maximum atomic E-state index is 12.4. The highest BCUT2D eigenvalue weighted by molar-refractivity contribution is 5.68. The molecule has 1 atom stereocenters. The van der Waals surface area contributed by atoms with E-state index in [-0.39, 0.29) is 6.09 Å². The average Bonchev–Trinajstić information content (AvgIpc) is 2.80. The average molecular weight is 397 g/mol. The smallest absolute Gasteiger partial charge is 0.409 e. The maximum Gasteiger partial charge on any atom is 0.409 e. The summed E-state index contributed by atoms with van der Waals surface area (Å²) in [7, 11) is 0. The van der Waals surface area contributed by atoms with Crippen LogP contribution in [0.3, 0.4) is 0 Å². The summed E-state index contributed by atoms with van der Waals surface area (Å²) >= 11 is 0. The van der Waals surface area contributed by atoms with Crippen molar-refractivity contribution in [1.82, 2.24) is 14.9 Å². The second-order valence-corrected chi connectivity index (χ2v) is 7.59. The summed E-state index contributed by atoms with van der Waals surface area (Å²) in [4.78, 5) is 25.3. The van der Waals surface area contributed by atoms with Crippen LogP contribution in [0.1, 0.15) is 39.5 Å². The minimum atomic E-state index is -0.188. The Morgan fingerprint density at radius 3 is 2.55 bits per heavy atom. The van der Waals surface area contributed by atoms with Gasteiger partial charge in [0.15, 0.2) is 0 Å². The number of carbonyl (C=O) groups is 1. The first kappa shape index (κ1) is 21.1. The van der Waals surface area contributed by atoms with Gasteiger partial charge in [0.1, 0.15) is 12.1 Å². The summed E-state index contributed by atoms with van der Waals surface area (Å²) in [5, 5.41) is 0. The predicted octanol–water partition coefficient (Wildman–Crippen LogP) is 4.62. The number of rotatable bonds is 8. The molecule has 6 heteroatoms. The molecule has 0 radical (unpaired) electrons. The van der Waals surface area contributed by atoms with Gasteiger partial charge in [-0.05, 0) is 12.3 Å². The highest BCUT2D eigenvalue weighted by Crippen LogP contribution is 2.21.